The molecule has 69 heavy (non-hydrogen) atoms. The van der Waals surface area contributed by atoms with Crippen LogP contribution in [0.15, 0.2) is 60.1 Å². The molecule has 6 aliphatic carbocycles. The van der Waals surface area contributed by atoms with Crippen molar-refractivity contribution in [1.29, 1.82) is 0 Å². The van der Waals surface area contributed by atoms with E-state index in [-0.39, 0.29) is 55.3 Å². The van der Waals surface area contributed by atoms with E-state index in [9.17, 15) is 9.90 Å². The van der Waals surface area contributed by atoms with Gasteiger partial charge in [-0.15, -0.1) is 13.2 Å². The lowest BCUT2D eigenvalue weighted by Crippen LogP contribution is -2.55. The molecule has 0 spiro atoms. The van der Waals surface area contributed by atoms with Gasteiger partial charge in [0.2, 0.25) is 0 Å². The van der Waals surface area contributed by atoms with Gasteiger partial charge < -0.3 is 14.0 Å². The molecule has 0 aromatic rings. The van der Waals surface area contributed by atoms with Gasteiger partial charge in [-0.05, 0) is 142 Å². The highest BCUT2D eigenvalue weighted by molar-refractivity contribution is 6.78. The van der Waals surface area contributed by atoms with Crippen molar-refractivity contribution in [3.63, 3.8) is 0 Å². The zero-order valence-corrected chi connectivity index (χ0v) is 48.9. The molecular formula is C63H116O4Si2. The smallest absolute Gasteiger partial charge is 0.258 e. The van der Waals surface area contributed by atoms with Gasteiger partial charge in [-0.2, -0.15) is 0 Å². The number of hydrogen-bond donors (Lipinski definition) is 1. The Labute approximate surface area is 432 Å². The van der Waals surface area contributed by atoms with Crippen LogP contribution in [0.25, 0.3) is 0 Å². The molecular weight excluding hydrogens is 877 g/mol. The third-order valence-electron chi connectivity index (χ3n) is 22.4. The molecule has 6 aliphatic rings. The van der Waals surface area contributed by atoms with Crippen molar-refractivity contribution in [1.82, 2.24) is 0 Å². The van der Waals surface area contributed by atoms with Crippen LogP contribution in [0.3, 0.4) is 0 Å². The minimum atomic E-state index is -2.09. The van der Waals surface area contributed by atoms with Crippen LogP contribution >= 0.6 is 0 Å². The number of aliphatic hydroxyl groups excluding tert-OH is 1. The minimum Gasteiger partial charge on any atom is -0.546 e. The molecule has 0 aliphatic heterocycles. The van der Waals surface area contributed by atoms with Crippen molar-refractivity contribution in [2.24, 2.45) is 62.1 Å². The molecule has 0 heterocycles. The average molecular weight is 994 g/mol. The zero-order chi connectivity index (χ0) is 50.3. The molecule has 6 heteroatoms. The van der Waals surface area contributed by atoms with E-state index < -0.39 is 28.2 Å². The molecule has 0 amide bonds. The standard InChI is InChI=1S/2C30H52O2Si.3CH4/c2*1-13-28(11)18-26(31)29(12)22(8)14-16-30(24(10)23(28)9)17-15-25(27(29)30)32-33(19(2)3,20(4)5)21(6)7;;;/h13,19-24H,1,14-18H2,2-12H3;13,19-23,26,31H,1,10,14-18H2,2-9,11-12H3;3*1H4/t22?,23?,24-,28?,29?,30?;22?,23?,26-,28?,29?,30?;;;/m00.../s1. The summed E-state index contributed by atoms with van der Waals surface area (Å²) in [6, 6.07) is 0. The topological polar surface area (TPSA) is 55.8 Å². The third kappa shape index (κ3) is 9.25. The lowest BCUT2D eigenvalue weighted by molar-refractivity contribution is -0.137. The number of carbonyl (C=O) groups is 1. The van der Waals surface area contributed by atoms with Crippen LogP contribution in [-0.4, -0.2) is 33.6 Å². The van der Waals surface area contributed by atoms with E-state index >= 15 is 0 Å². The maximum Gasteiger partial charge on any atom is 0.258 e. The van der Waals surface area contributed by atoms with Gasteiger partial charge in [-0.1, -0.05) is 185 Å². The lowest BCUT2D eigenvalue weighted by atomic mass is 9.45. The fourth-order valence-electron chi connectivity index (χ4n) is 17.1. The first-order valence-corrected chi connectivity index (χ1v) is 31.6. The Morgan fingerprint density at radius 2 is 1.03 bits per heavy atom. The molecule has 4 nitrogen and oxygen atoms in total. The van der Waals surface area contributed by atoms with Crippen molar-refractivity contribution in [3.8, 4) is 0 Å². The fraction of sp³-hybridized carbons (Fsp3) is 0.825. The van der Waals surface area contributed by atoms with Gasteiger partial charge in [0.05, 0.1) is 23.0 Å². The van der Waals surface area contributed by atoms with Gasteiger partial charge in [0.15, 0.2) is 0 Å². The summed E-state index contributed by atoms with van der Waals surface area (Å²) < 4.78 is 14.9. The number of carbonyl (C=O) groups excluding carboxylic acids is 1. The summed E-state index contributed by atoms with van der Waals surface area (Å²) in [6.07, 6.45) is 13.9. The minimum absolute atomic E-state index is 0. The molecule has 0 aromatic carbocycles. The van der Waals surface area contributed by atoms with Crippen LogP contribution in [0.5, 0.6) is 0 Å². The molecule has 400 valence electrons. The van der Waals surface area contributed by atoms with Gasteiger partial charge >= 0.3 is 0 Å². The van der Waals surface area contributed by atoms with E-state index in [1.807, 2.05) is 0 Å². The summed E-state index contributed by atoms with van der Waals surface area (Å²) in [4.78, 5) is 14.3. The SMILES string of the molecule is C.C.C.C=CC1(C)CC(=O)C2(C)C3=C(O[Si](C(C)C)(C(C)C)C(C)C)CCC3(CCC2C)[C@@H](C)C1C.C=CC1(C)C[C@H](O)C2(C)C3=C(O[Si](C(C)C)(C(C)C)C(C)C)CCC3(CCC2C)C(=C)C1C. The maximum absolute atomic E-state index is 14.3. The van der Waals surface area contributed by atoms with E-state index in [0.29, 0.717) is 69.1 Å². The van der Waals surface area contributed by atoms with Gasteiger partial charge in [0.25, 0.3) is 16.6 Å². The first-order chi connectivity index (χ1) is 30.3. The van der Waals surface area contributed by atoms with Gasteiger partial charge in [0, 0.05) is 30.1 Å². The lowest BCUT2D eigenvalue weighted by Gasteiger charge is -2.59. The third-order valence-corrected chi connectivity index (χ3v) is 34.4. The summed E-state index contributed by atoms with van der Waals surface area (Å²) >= 11 is 0. The molecule has 4 saturated carbocycles. The van der Waals surface area contributed by atoms with E-state index in [4.69, 9.17) is 15.4 Å². The van der Waals surface area contributed by atoms with E-state index in [1.54, 1.807) is 0 Å². The normalized spacial score (nSPS) is 38.0. The monoisotopic (exact) mass is 993 g/mol. The van der Waals surface area contributed by atoms with Crippen molar-refractivity contribution in [3.05, 3.63) is 60.1 Å². The average Bonchev–Trinajstić information content (AvgIpc) is 3.82. The summed E-state index contributed by atoms with van der Waals surface area (Å²) in [6.45, 7) is 62.7. The Bertz CT molecular complexity index is 1830. The van der Waals surface area contributed by atoms with Crippen molar-refractivity contribution >= 4 is 22.4 Å². The van der Waals surface area contributed by atoms with Crippen molar-refractivity contribution < 1.29 is 18.8 Å². The Kier molecular flexibility index (Phi) is 19.9. The maximum atomic E-state index is 14.3. The van der Waals surface area contributed by atoms with Crippen LogP contribution in [0.1, 0.15) is 232 Å². The van der Waals surface area contributed by atoms with Gasteiger partial charge in [0.1, 0.15) is 5.78 Å². The number of rotatable bonds is 12. The van der Waals surface area contributed by atoms with Crippen molar-refractivity contribution in [2.45, 2.75) is 271 Å². The fourth-order valence-corrected chi connectivity index (χ4v) is 27.8. The number of ketones is 1. The molecule has 12 atom stereocenters. The van der Waals surface area contributed by atoms with E-state index in [2.05, 4.69) is 171 Å². The largest absolute Gasteiger partial charge is 0.546 e. The quantitative estimate of drug-likeness (QED) is 0.156. The Hall–Kier alpha value is -1.64. The highest BCUT2D eigenvalue weighted by Gasteiger charge is 2.65. The predicted molar refractivity (Wildman–Crippen MR) is 308 cm³/mol. The van der Waals surface area contributed by atoms with Crippen LogP contribution < -0.4 is 0 Å². The van der Waals surface area contributed by atoms with E-state index in [1.165, 1.54) is 34.7 Å². The summed E-state index contributed by atoms with van der Waals surface area (Å²) in [5, 5.41) is 12.0. The van der Waals surface area contributed by atoms with Crippen LogP contribution in [0, 0.1) is 62.1 Å². The molecule has 0 aromatic heterocycles. The molecule has 0 saturated heterocycles. The van der Waals surface area contributed by atoms with Crippen LogP contribution in [-0.2, 0) is 13.6 Å². The molecule has 10 unspecified atom stereocenters. The summed E-state index contributed by atoms with van der Waals surface area (Å²) in [5.41, 5.74) is 6.48. The summed E-state index contributed by atoms with van der Waals surface area (Å²) in [7, 11) is -4.17. The number of hydrogen-bond acceptors (Lipinski definition) is 4. The van der Waals surface area contributed by atoms with Crippen LogP contribution in [0.2, 0.25) is 33.2 Å². The molecule has 1 N–H and O–H groups in total. The second kappa shape index (κ2) is 21.7. The number of allylic oxidation sites excluding steroid dienone is 6. The van der Waals surface area contributed by atoms with Crippen molar-refractivity contribution in [2.75, 3.05) is 0 Å². The zero-order valence-electron chi connectivity index (χ0n) is 46.9. The second-order valence-electron chi connectivity index (χ2n) is 26.6. The number of aliphatic hydroxyl groups is 1. The number of Topliss-reactive ketones (excluding diaryl/α,β-unsaturated/α-hetero) is 1. The Morgan fingerprint density at radius 1 is 0.609 bits per heavy atom. The first-order valence-electron chi connectivity index (χ1n) is 27.3. The Morgan fingerprint density at radius 3 is 1.46 bits per heavy atom. The summed E-state index contributed by atoms with van der Waals surface area (Å²) in [5.74, 6) is 4.85. The molecule has 6 rings (SSSR count). The molecule has 4 fully saturated rings. The Balaban J connectivity index is 0.000000454. The van der Waals surface area contributed by atoms with Gasteiger partial charge in [-0.3, -0.25) is 4.79 Å². The molecule has 0 radical (unpaired) electrons. The van der Waals surface area contributed by atoms with Gasteiger partial charge in [-0.25, -0.2) is 0 Å². The molecule has 4 bridgehead atoms. The second-order valence-corrected chi connectivity index (χ2v) is 37.4. The first kappa shape index (κ1) is 63.5. The highest BCUT2D eigenvalue weighted by atomic mass is 28.4. The van der Waals surface area contributed by atoms with E-state index in [0.717, 1.165) is 51.4 Å². The predicted octanol–water partition coefficient (Wildman–Crippen LogP) is 19.8. The van der Waals surface area contributed by atoms with Crippen LogP contribution in [0.4, 0.5) is 0 Å². The highest BCUT2D eigenvalue weighted by Crippen LogP contribution is 2.71.